The lowest BCUT2D eigenvalue weighted by Crippen LogP contribution is -2.30. The van der Waals surface area contributed by atoms with Gasteiger partial charge in [0.2, 0.25) is 5.91 Å². The molecular weight excluding hydrogens is 535 g/mol. The van der Waals surface area contributed by atoms with Gasteiger partial charge in [-0.1, -0.05) is 30.3 Å². The van der Waals surface area contributed by atoms with Crippen LogP contribution in [0.15, 0.2) is 94.8 Å². The third-order valence-electron chi connectivity index (χ3n) is 5.35. The van der Waals surface area contributed by atoms with Crippen molar-refractivity contribution in [1.29, 1.82) is 0 Å². The molecule has 1 unspecified atom stereocenters. The minimum Gasteiger partial charge on any atom is -0.321 e. The number of amides is 3. The number of aromatic nitrogens is 1. The van der Waals surface area contributed by atoms with Crippen molar-refractivity contribution in [3.05, 3.63) is 113 Å². The van der Waals surface area contributed by atoms with Gasteiger partial charge in [0.15, 0.2) is 5.13 Å². The predicted octanol–water partition coefficient (Wildman–Crippen LogP) is 6.12. The van der Waals surface area contributed by atoms with Crippen molar-refractivity contribution >= 4 is 57.7 Å². The molecule has 1 atom stereocenters. The quantitative estimate of drug-likeness (QED) is 0.169. The Bertz CT molecular complexity index is 1490. The molecule has 1 heterocycles. The molecule has 7 nitrogen and oxygen atoms in total. The van der Waals surface area contributed by atoms with E-state index in [4.69, 9.17) is 0 Å². The molecule has 10 heteroatoms. The normalized spacial score (nSPS) is 11.9. The lowest BCUT2D eigenvalue weighted by atomic mass is 10.1. The van der Waals surface area contributed by atoms with Crippen molar-refractivity contribution in [1.82, 2.24) is 10.3 Å². The van der Waals surface area contributed by atoms with Crippen molar-refractivity contribution < 1.29 is 18.8 Å². The highest BCUT2D eigenvalue weighted by atomic mass is 32.2. The molecule has 1 aromatic heterocycles. The summed E-state index contributed by atoms with van der Waals surface area (Å²) in [5, 5.41) is 10.3. The second kappa shape index (κ2) is 13.0. The van der Waals surface area contributed by atoms with Gasteiger partial charge < -0.3 is 16.0 Å². The summed E-state index contributed by atoms with van der Waals surface area (Å²) in [5.74, 6) is -1.56. The molecule has 0 saturated carbocycles. The third kappa shape index (κ3) is 8.10. The molecule has 4 aromatic rings. The van der Waals surface area contributed by atoms with Gasteiger partial charge in [0, 0.05) is 21.5 Å². The van der Waals surface area contributed by atoms with Crippen molar-refractivity contribution in [2.75, 3.05) is 10.6 Å². The van der Waals surface area contributed by atoms with Crippen LogP contribution >= 0.6 is 23.1 Å². The van der Waals surface area contributed by atoms with E-state index in [9.17, 15) is 18.8 Å². The van der Waals surface area contributed by atoms with Crippen LogP contribution in [0, 0.1) is 12.7 Å². The highest BCUT2D eigenvalue weighted by Crippen LogP contribution is 2.26. The summed E-state index contributed by atoms with van der Waals surface area (Å²) in [7, 11) is 0. The van der Waals surface area contributed by atoms with Crippen molar-refractivity contribution in [2.45, 2.75) is 24.0 Å². The molecule has 0 fully saturated rings. The number of anilines is 2. The zero-order valence-electron chi connectivity index (χ0n) is 21.1. The largest absolute Gasteiger partial charge is 0.321 e. The number of carbonyl (C=O) groups is 3. The molecule has 0 spiro atoms. The Morgan fingerprint density at radius 2 is 1.64 bits per heavy atom. The number of hydrogen-bond donors (Lipinski definition) is 3. The second-order valence-corrected chi connectivity index (χ2v) is 10.7. The van der Waals surface area contributed by atoms with E-state index in [1.54, 1.807) is 61.5 Å². The Kier molecular flexibility index (Phi) is 9.24. The summed E-state index contributed by atoms with van der Waals surface area (Å²) in [5.41, 5.74) is 2.28. The monoisotopic (exact) mass is 560 g/mol. The lowest BCUT2D eigenvalue weighted by Gasteiger charge is -2.13. The number of rotatable bonds is 9. The summed E-state index contributed by atoms with van der Waals surface area (Å²) in [6.07, 6.45) is 1.48. The summed E-state index contributed by atoms with van der Waals surface area (Å²) in [6, 6.07) is 21.1. The molecule has 39 heavy (non-hydrogen) atoms. The highest BCUT2D eigenvalue weighted by molar-refractivity contribution is 8.00. The number of halogens is 1. The van der Waals surface area contributed by atoms with Crippen LogP contribution in [0.3, 0.4) is 0 Å². The van der Waals surface area contributed by atoms with Crippen molar-refractivity contribution in [3.8, 4) is 0 Å². The fourth-order valence-electron chi connectivity index (χ4n) is 3.36. The first kappa shape index (κ1) is 27.7. The average Bonchev–Trinajstić information content (AvgIpc) is 3.35. The summed E-state index contributed by atoms with van der Waals surface area (Å²) in [4.78, 5) is 43.5. The fourth-order valence-corrected chi connectivity index (χ4v) is 4.92. The Labute approximate surface area is 233 Å². The molecule has 0 radical (unpaired) electrons. The van der Waals surface area contributed by atoms with Gasteiger partial charge in [0.1, 0.15) is 11.5 Å². The van der Waals surface area contributed by atoms with Crippen LogP contribution in [0.2, 0.25) is 0 Å². The van der Waals surface area contributed by atoms with E-state index >= 15 is 0 Å². The van der Waals surface area contributed by atoms with Crippen molar-refractivity contribution in [2.24, 2.45) is 0 Å². The van der Waals surface area contributed by atoms with Gasteiger partial charge in [-0.3, -0.25) is 14.4 Å². The van der Waals surface area contributed by atoms with Gasteiger partial charge in [-0.25, -0.2) is 9.37 Å². The summed E-state index contributed by atoms with van der Waals surface area (Å²) >= 11 is 2.75. The van der Waals surface area contributed by atoms with Crippen LogP contribution in [-0.4, -0.2) is 28.0 Å². The van der Waals surface area contributed by atoms with E-state index < -0.39 is 17.6 Å². The number of hydrogen-bond acceptors (Lipinski definition) is 6. The van der Waals surface area contributed by atoms with Gasteiger partial charge in [-0.2, -0.15) is 0 Å². The average molecular weight is 561 g/mol. The first-order valence-electron chi connectivity index (χ1n) is 11.9. The first-order valence-corrected chi connectivity index (χ1v) is 13.7. The zero-order valence-corrected chi connectivity index (χ0v) is 22.7. The number of aryl methyl sites for hydroxylation is 1. The van der Waals surface area contributed by atoms with Crippen LogP contribution in [0.4, 0.5) is 15.2 Å². The van der Waals surface area contributed by atoms with Crippen LogP contribution in [0.1, 0.15) is 28.5 Å². The van der Waals surface area contributed by atoms with E-state index in [1.165, 1.54) is 53.4 Å². The number of thioether (sulfide) groups is 1. The molecule has 3 amide bonds. The van der Waals surface area contributed by atoms with Gasteiger partial charge in [0.25, 0.3) is 11.8 Å². The zero-order chi connectivity index (χ0) is 27.8. The summed E-state index contributed by atoms with van der Waals surface area (Å²) in [6.45, 7) is 3.67. The summed E-state index contributed by atoms with van der Waals surface area (Å²) < 4.78 is 13.4. The number of nitrogens with zero attached hydrogens (tertiary/aromatic N) is 1. The second-order valence-electron chi connectivity index (χ2n) is 8.45. The van der Waals surface area contributed by atoms with E-state index in [0.717, 1.165) is 10.6 Å². The van der Waals surface area contributed by atoms with Gasteiger partial charge in [-0.15, -0.1) is 23.1 Å². The highest BCUT2D eigenvalue weighted by Gasteiger charge is 2.17. The minimum absolute atomic E-state index is 0.00312. The maximum absolute atomic E-state index is 13.4. The maximum atomic E-state index is 13.4. The van der Waals surface area contributed by atoms with Gasteiger partial charge >= 0.3 is 0 Å². The smallest absolute Gasteiger partial charge is 0.272 e. The Morgan fingerprint density at radius 1 is 0.949 bits per heavy atom. The first-order chi connectivity index (χ1) is 18.8. The molecule has 0 bridgehead atoms. The van der Waals surface area contributed by atoms with Gasteiger partial charge in [0.05, 0.1) is 10.9 Å². The van der Waals surface area contributed by atoms with E-state index in [1.807, 2.05) is 12.3 Å². The molecule has 0 aliphatic heterocycles. The maximum Gasteiger partial charge on any atom is 0.272 e. The third-order valence-corrected chi connectivity index (χ3v) is 7.34. The Balaban J connectivity index is 1.43. The number of carbonyl (C=O) groups excluding carboxylic acids is 3. The number of nitrogens with one attached hydrogen (secondary N) is 3. The van der Waals surface area contributed by atoms with Crippen molar-refractivity contribution in [3.63, 3.8) is 0 Å². The molecule has 198 valence electrons. The Morgan fingerprint density at radius 3 is 2.28 bits per heavy atom. The van der Waals surface area contributed by atoms with Crippen LogP contribution < -0.4 is 16.0 Å². The van der Waals surface area contributed by atoms with Crippen LogP contribution in [0.5, 0.6) is 0 Å². The Hall–Kier alpha value is -4.28. The molecule has 4 rings (SSSR count). The molecule has 0 aliphatic carbocycles. The van der Waals surface area contributed by atoms with Crippen LogP contribution in [0.25, 0.3) is 6.08 Å². The van der Waals surface area contributed by atoms with E-state index in [-0.39, 0.29) is 16.9 Å². The van der Waals surface area contributed by atoms with Crippen LogP contribution in [-0.2, 0) is 9.59 Å². The number of thiazole rings is 1. The SMILES string of the molecule is Cc1csc(NC(=O)C(C)Sc2ccc(NC(=O)/C(=C/c3ccc(F)cc3)NC(=O)c3ccccc3)cc2)n1. The van der Waals surface area contributed by atoms with E-state index in [0.29, 0.717) is 21.9 Å². The standard InChI is InChI=1S/C29H25FN4O3S2/c1-18-17-38-29(31-18)34-26(35)19(2)39-24-14-12-23(13-15-24)32-28(37)25(16-20-8-10-22(30)11-9-20)33-27(36)21-6-4-3-5-7-21/h3-17,19H,1-2H3,(H,32,37)(H,33,36)(H,31,34,35)/b25-16-. The number of benzene rings is 3. The molecular formula is C29H25FN4O3S2. The van der Waals surface area contributed by atoms with E-state index in [2.05, 4.69) is 20.9 Å². The van der Waals surface area contributed by atoms with Gasteiger partial charge in [-0.05, 0) is 74.0 Å². The molecule has 0 aliphatic rings. The minimum atomic E-state index is -0.546. The molecule has 0 saturated heterocycles. The fraction of sp³-hybridized carbons (Fsp3) is 0.103. The molecule has 3 aromatic carbocycles. The lowest BCUT2D eigenvalue weighted by molar-refractivity contribution is -0.115. The topological polar surface area (TPSA) is 100 Å². The molecule has 3 N–H and O–H groups in total. The predicted molar refractivity (Wildman–Crippen MR) is 154 cm³/mol.